The molecule has 15 heavy (non-hydrogen) atoms. The van der Waals surface area contributed by atoms with Crippen LogP contribution in [0.5, 0.6) is 0 Å². The first kappa shape index (κ1) is 12.5. The molecule has 0 aliphatic carbocycles. The Labute approximate surface area is 99.4 Å². The summed E-state index contributed by atoms with van der Waals surface area (Å²) in [7, 11) is 1.72. The molecule has 0 bridgehead atoms. The first-order chi connectivity index (χ1) is 7.15. The maximum atomic E-state index is 5.18. The Hall–Kier alpha value is -0.610. The largest absolute Gasteiger partial charge is 0.383 e. The van der Waals surface area contributed by atoms with Gasteiger partial charge in [-0.1, -0.05) is 13.8 Å². The van der Waals surface area contributed by atoms with Crippen molar-refractivity contribution in [3.63, 3.8) is 0 Å². The van der Waals surface area contributed by atoms with Crippen LogP contribution in [0.15, 0.2) is 22.9 Å². The van der Waals surface area contributed by atoms with Gasteiger partial charge in [0, 0.05) is 13.3 Å². The molecule has 0 fully saturated rings. The van der Waals surface area contributed by atoms with Crippen LogP contribution in [0.2, 0.25) is 0 Å². The van der Waals surface area contributed by atoms with Gasteiger partial charge >= 0.3 is 0 Å². The molecule has 1 atom stereocenters. The molecule has 1 unspecified atom stereocenters. The molecule has 1 rings (SSSR count). The number of hydrogen-bond donors (Lipinski definition) is 1. The molecule has 0 aliphatic rings. The van der Waals surface area contributed by atoms with Crippen molar-refractivity contribution in [3.8, 4) is 0 Å². The van der Waals surface area contributed by atoms with Crippen molar-refractivity contribution in [2.75, 3.05) is 19.0 Å². The molecular weight excluding hydrogens is 256 g/mol. The van der Waals surface area contributed by atoms with Crippen LogP contribution in [0.25, 0.3) is 0 Å². The summed E-state index contributed by atoms with van der Waals surface area (Å²) in [5.74, 6) is 0.511. The monoisotopic (exact) mass is 272 g/mol. The minimum absolute atomic E-state index is 0.301. The summed E-state index contributed by atoms with van der Waals surface area (Å²) < 4.78 is 6.02. The number of aromatic nitrogens is 1. The summed E-state index contributed by atoms with van der Waals surface area (Å²) in [5, 5.41) is 3.41. The normalized spacial score (nSPS) is 12.9. The van der Waals surface area contributed by atoms with Gasteiger partial charge in [-0.05, 0) is 34.0 Å². The SMILES string of the molecule is COCC(Nc1cccnc1Br)C(C)C. The third-order valence-electron chi connectivity index (χ3n) is 2.25. The van der Waals surface area contributed by atoms with E-state index in [1.165, 1.54) is 0 Å². The number of nitrogens with zero attached hydrogens (tertiary/aromatic N) is 1. The van der Waals surface area contributed by atoms with Crippen molar-refractivity contribution in [3.05, 3.63) is 22.9 Å². The van der Waals surface area contributed by atoms with E-state index in [1.54, 1.807) is 13.3 Å². The van der Waals surface area contributed by atoms with Crippen LogP contribution in [0.4, 0.5) is 5.69 Å². The molecule has 0 saturated heterocycles. The topological polar surface area (TPSA) is 34.1 Å². The van der Waals surface area contributed by atoms with Crippen molar-refractivity contribution in [2.24, 2.45) is 5.92 Å². The average Bonchev–Trinajstić information content (AvgIpc) is 2.20. The molecule has 4 heteroatoms. The molecule has 0 saturated carbocycles. The van der Waals surface area contributed by atoms with E-state index >= 15 is 0 Å². The van der Waals surface area contributed by atoms with E-state index in [0.717, 1.165) is 10.3 Å². The van der Waals surface area contributed by atoms with Gasteiger partial charge < -0.3 is 10.1 Å². The zero-order valence-electron chi connectivity index (χ0n) is 9.33. The highest BCUT2D eigenvalue weighted by Crippen LogP contribution is 2.20. The third-order valence-corrected chi connectivity index (χ3v) is 2.88. The lowest BCUT2D eigenvalue weighted by atomic mass is 10.1. The fourth-order valence-electron chi connectivity index (χ4n) is 1.27. The number of ether oxygens (including phenoxy) is 1. The fraction of sp³-hybridized carbons (Fsp3) is 0.545. The van der Waals surface area contributed by atoms with Crippen molar-refractivity contribution < 1.29 is 4.74 Å². The van der Waals surface area contributed by atoms with Crippen molar-refractivity contribution in [1.82, 2.24) is 4.98 Å². The number of hydrogen-bond acceptors (Lipinski definition) is 3. The molecule has 1 heterocycles. The highest BCUT2D eigenvalue weighted by atomic mass is 79.9. The molecule has 1 aromatic heterocycles. The summed E-state index contributed by atoms with van der Waals surface area (Å²) in [6.45, 7) is 5.03. The first-order valence-electron chi connectivity index (χ1n) is 5.01. The van der Waals surface area contributed by atoms with Crippen LogP contribution in [0, 0.1) is 5.92 Å². The molecule has 84 valence electrons. The van der Waals surface area contributed by atoms with Crippen LogP contribution < -0.4 is 5.32 Å². The van der Waals surface area contributed by atoms with Gasteiger partial charge in [-0.3, -0.25) is 0 Å². The summed E-state index contributed by atoms with van der Waals surface area (Å²) in [6, 6.07) is 4.22. The molecule has 0 aliphatic heterocycles. The summed E-state index contributed by atoms with van der Waals surface area (Å²) >= 11 is 3.41. The second kappa shape index (κ2) is 6.08. The molecule has 1 N–H and O–H groups in total. The Kier molecular flexibility index (Phi) is 5.05. The standard InChI is InChI=1S/C11H17BrN2O/c1-8(2)10(7-15-3)14-9-5-4-6-13-11(9)12/h4-6,8,10,14H,7H2,1-3H3. The highest BCUT2D eigenvalue weighted by molar-refractivity contribution is 9.10. The molecule has 1 aromatic rings. The Morgan fingerprint density at radius 1 is 1.53 bits per heavy atom. The van der Waals surface area contributed by atoms with E-state index in [4.69, 9.17) is 4.74 Å². The van der Waals surface area contributed by atoms with Crippen molar-refractivity contribution in [1.29, 1.82) is 0 Å². The summed E-state index contributed by atoms with van der Waals surface area (Å²) in [5.41, 5.74) is 1.01. The second-order valence-corrected chi connectivity index (χ2v) is 4.54. The lowest BCUT2D eigenvalue weighted by Crippen LogP contribution is -2.30. The van der Waals surface area contributed by atoms with Gasteiger partial charge in [0.05, 0.1) is 18.3 Å². The Morgan fingerprint density at radius 2 is 2.27 bits per heavy atom. The molecular formula is C11H17BrN2O. The fourth-order valence-corrected chi connectivity index (χ4v) is 1.64. The van der Waals surface area contributed by atoms with Crippen molar-refractivity contribution in [2.45, 2.75) is 19.9 Å². The minimum atomic E-state index is 0.301. The van der Waals surface area contributed by atoms with Crippen LogP contribution in [0.3, 0.4) is 0 Å². The van der Waals surface area contributed by atoms with E-state index in [0.29, 0.717) is 18.6 Å². The zero-order chi connectivity index (χ0) is 11.3. The van der Waals surface area contributed by atoms with Crippen LogP contribution in [0.1, 0.15) is 13.8 Å². The van der Waals surface area contributed by atoms with Gasteiger partial charge in [0.1, 0.15) is 4.60 Å². The van der Waals surface area contributed by atoms with Crippen LogP contribution >= 0.6 is 15.9 Å². The van der Waals surface area contributed by atoms with Gasteiger partial charge in [0.2, 0.25) is 0 Å². The Morgan fingerprint density at radius 3 is 2.80 bits per heavy atom. The second-order valence-electron chi connectivity index (χ2n) is 3.79. The predicted molar refractivity (Wildman–Crippen MR) is 66.1 cm³/mol. The maximum absolute atomic E-state index is 5.18. The van der Waals surface area contributed by atoms with Gasteiger partial charge in [-0.2, -0.15) is 0 Å². The maximum Gasteiger partial charge on any atom is 0.129 e. The van der Waals surface area contributed by atoms with E-state index in [2.05, 4.69) is 40.1 Å². The Balaban J connectivity index is 2.69. The molecule has 0 spiro atoms. The van der Waals surface area contributed by atoms with Gasteiger partial charge in [0.15, 0.2) is 0 Å². The van der Waals surface area contributed by atoms with E-state index in [1.807, 2.05) is 12.1 Å². The average molecular weight is 273 g/mol. The van der Waals surface area contributed by atoms with E-state index in [9.17, 15) is 0 Å². The number of halogens is 1. The molecule has 0 aromatic carbocycles. The molecule has 3 nitrogen and oxygen atoms in total. The zero-order valence-corrected chi connectivity index (χ0v) is 10.9. The molecule has 0 radical (unpaired) electrons. The van der Waals surface area contributed by atoms with Crippen molar-refractivity contribution >= 4 is 21.6 Å². The predicted octanol–water partition coefficient (Wildman–Crippen LogP) is 2.93. The number of pyridine rings is 1. The quantitative estimate of drug-likeness (QED) is 0.837. The lowest BCUT2D eigenvalue weighted by molar-refractivity contribution is 0.171. The van der Waals surface area contributed by atoms with Gasteiger partial charge in [-0.15, -0.1) is 0 Å². The van der Waals surface area contributed by atoms with E-state index in [-0.39, 0.29) is 0 Å². The number of rotatable bonds is 5. The summed E-state index contributed by atoms with van der Waals surface area (Å²) in [4.78, 5) is 4.16. The third kappa shape index (κ3) is 3.80. The lowest BCUT2D eigenvalue weighted by Gasteiger charge is -2.23. The van der Waals surface area contributed by atoms with Crippen LogP contribution in [-0.2, 0) is 4.74 Å². The first-order valence-corrected chi connectivity index (χ1v) is 5.80. The minimum Gasteiger partial charge on any atom is -0.383 e. The highest BCUT2D eigenvalue weighted by Gasteiger charge is 2.13. The van der Waals surface area contributed by atoms with Gasteiger partial charge in [-0.25, -0.2) is 4.98 Å². The number of nitrogens with one attached hydrogen (secondary N) is 1. The number of methoxy groups -OCH3 is 1. The van der Waals surface area contributed by atoms with Crippen LogP contribution in [-0.4, -0.2) is 24.7 Å². The number of anilines is 1. The smallest absolute Gasteiger partial charge is 0.129 e. The van der Waals surface area contributed by atoms with E-state index < -0.39 is 0 Å². The van der Waals surface area contributed by atoms with Gasteiger partial charge in [0.25, 0.3) is 0 Å². The molecule has 0 amide bonds. The Bertz CT molecular complexity index is 304. The summed E-state index contributed by atoms with van der Waals surface area (Å²) in [6.07, 6.45) is 1.76.